The second-order valence-corrected chi connectivity index (χ2v) is 7.87. The summed E-state index contributed by atoms with van der Waals surface area (Å²) in [5, 5.41) is 10.8. The summed E-state index contributed by atoms with van der Waals surface area (Å²) in [7, 11) is 0. The Morgan fingerprint density at radius 1 is 1.12 bits per heavy atom. The second-order valence-electron chi connectivity index (χ2n) is 6.95. The topological polar surface area (TPSA) is 39.6 Å². The monoisotopic (exact) mass is 389 g/mol. The SMILES string of the molecule is OCC1CCCN1CC1CCCN1c1ccnc2cc(Br)ccc12. The molecule has 3 heterocycles. The summed E-state index contributed by atoms with van der Waals surface area (Å²) in [6, 6.07) is 9.41. The first-order valence-corrected chi connectivity index (χ1v) is 9.71. The van der Waals surface area contributed by atoms with E-state index in [4.69, 9.17) is 0 Å². The van der Waals surface area contributed by atoms with E-state index >= 15 is 0 Å². The molecule has 4 nitrogen and oxygen atoms in total. The van der Waals surface area contributed by atoms with Gasteiger partial charge in [-0.1, -0.05) is 15.9 Å². The quantitative estimate of drug-likeness (QED) is 0.869. The van der Waals surface area contributed by atoms with Crippen LogP contribution in [0, 0.1) is 0 Å². The van der Waals surface area contributed by atoms with Gasteiger partial charge in [-0.25, -0.2) is 0 Å². The molecule has 2 atom stereocenters. The Hall–Kier alpha value is -1.17. The molecule has 0 amide bonds. The maximum atomic E-state index is 9.59. The number of hydrogen-bond acceptors (Lipinski definition) is 4. The molecule has 0 radical (unpaired) electrons. The van der Waals surface area contributed by atoms with Crippen molar-refractivity contribution < 1.29 is 5.11 Å². The van der Waals surface area contributed by atoms with E-state index in [0.717, 1.165) is 36.0 Å². The minimum absolute atomic E-state index is 0.291. The van der Waals surface area contributed by atoms with Gasteiger partial charge in [0.1, 0.15) is 0 Å². The van der Waals surface area contributed by atoms with Crippen LogP contribution in [0.4, 0.5) is 5.69 Å². The predicted molar refractivity (Wildman–Crippen MR) is 101 cm³/mol. The number of anilines is 1. The molecule has 1 N–H and O–H groups in total. The van der Waals surface area contributed by atoms with Crippen LogP contribution in [-0.4, -0.2) is 53.3 Å². The van der Waals surface area contributed by atoms with E-state index in [9.17, 15) is 5.11 Å². The van der Waals surface area contributed by atoms with Crippen molar-refractivity contribution in [3.63, 3.8) is 0 Å². The Labute approximate surface area is 151 Å². The molecule has 24 heavy (non-hydrogen) atoms. The lowest BCUT2D eigenvalue weighted by Gasteiger charge is -2.33. The zero-order valence-corrected chi connectivity index (χ0v) is 15.5. The number of pyridine rings is 1. The summed E-state index contributed by atoms with van der Waals surface area (Å²) >= 11 is 3.54. The average Bonchev–Trinajstić information content (AvgIpc) is 3.23. The highest BCUT2D eigenvalue weighted by Gasteiger charge is 2.31. The van der Waals surface area contributed by atoms with Gasteiger partial charge in [-0.15, -0.1) is 0 Å². The molecule has 4 rings (SSSR count). The minimum atomic E-state index is 0.291. The fraction of sp³-hybridized carbons (Fsp3) is 0.526. The van der Waals surface area contributed by atoms with Crippen LogP contribution in [0.3, 0.4) is 0 Å². The molecule has 2 aromatic rings. The highest BCUT2D eigenvalue weighted by atomic mass is 79.9. The lowest BCUT2D eigenvalue weighted by molar-refractivity contribution is 0.153. The van der Waals surface area contributed by atoms with Crippen molar-refractivity contribution in [1.29, 1.82) is 0 Å². The van der Waals surface area contributed by atoms with Gasteiger partial charge in [0.15, 0.2) is 0 Å². The summed E-state index contributed by atoms with van der Waals surface area (Å²) in [6.07, 6.45) is 6.74. The van der Waals surface area contributed by atoms with Crippen LogP contribution in [-0.2, 0) is 0 Å². The van der Waals surface area contributed by atoms with Crippen LogP contribution in [0.1, 0.15) is 25.7 Å². The predicted octanol–water partition coefficient (Wildman–Crippen LogP) is 3.42. The van der Waals surface area contributed by atoms with E-state index in [0.29, 0.717) is 18.7 Å². The van der Waals surface area contributed by atoms with Gasteiger partial charge >= 0.3 is 0 Å². The van der Waals surface area contributed by atoms with Crippen molar-refractivity contribution in [3.05, 3.63) is 34.9 Å². The Morgan fingerprint density at radius 3 is 2.83 bits per heavy atom. The van der Waals surface area contributed by atoms with Crippen LogP contribution in [0.5, 0.6) is 0 Å². The number of aliphatic hydroxyl groups is 1. The first-order valence-electron chi connectivity index (χ1n) is 8.92. The second kappa shape index (κ2) is 6.98. The van der Waals surface area contributed by atoms with Gasteiger partial charge in [-0.3, -0.25) is 9.88 Å². The molecule has 128 valence electrons. The largest absolute Gasteiger partial charge is 0.395 e. The van der Waals surface area contributed by atoms with Gasteiger partial charge in [-0.05, 0) is 56.5 Å². The zero-order chi connectivity index (χ0) is 16.5. The smallest absolute Gasteiger partial charge is 0.0734 e. The summed E-state index contributed by atoms with van der Waals surface area (Å²) in [6.45, 7) is 3.58. The van der Waals surface area contributed by atoms with Crippen LogP contribution < -0.4 is 4.90 Å². The molecule has 2 unspecified atom stereocenters. The Morgan fingerprint density at radius 2 is 1.96 bits per heavy atom. The number of likely N-dealkylation sites (tertiary alicyclic amines) is 1. The summed E-state index contributed by atoms with van der Waals surface area (Å²) in [5.74, 6) is 0. The molecule has 5 heteroatoms. The van der Waals surface area contributed by atoms with Crippen molar-refractivity contribution in [2.24, 2.45) is 0 Å². The van der Waals surface area contributed by atoms with Gasteiger partial charge in [0.2, 0.25) is 0 Å². The Balaban J connectivity index is 1.61. The van der Waals surface area contributed by atoms with Crippen molar-refractivity contribution >= 4 is 32.5 Å². The van der Waals surface area contributed by atoms with Crippen LogP contribution in [0.2, 0.25) is 0 Å². The molecule has 1 aromatic carbocycles. The molecule has 0 aliphatic carbocycles. The van der Waals surface area contributed by atoms with Crippen LogP contribution >= 0.6 is 15.9 Å². The molecule has 1 aromatic heterocycles. The van der Waals surface area contributed by atoms with E-state index in [1.165, 1.54) is 30.3 Å². The van der Waals surface area contributed by atoms with Gasteiger partial charge in [-0.2, -0.15) is 0 Å². The third-order valence-corrected chi connectivity index (χ3v) is 6.02. The normalized spacial score (nSPS) is 25.0. The lowest BCUT2D eigenvalue weighted by atomic mass is 10.1. The number of aromatic nitrogens is 1. The number of hydrogen-bond donors (Lipinski definition) is 1. The molecule has 2 aliphatic heterocycles. The van der Waals surface area contributed by atoms with E-state index in [-0.39, 0.29) is 0 Å². The van der Waals surface area contributed by atoms with Gasteiger partial charge in [0.25, 0.3) is 0 Å². The molecule has 2 aliphatic rings. The summed E-state index contributed by atoms with van der Waals surface area (Å²) in [4.78, 5) is 9.58. The van der Waals surface area contributed by atoms with Crippen molar-refractivity contribution in [2.45, 2.75) is 37.8 Å². The third kappa shape index (κ3) is 3.05. The highest BCUT2D eigenvalue weighted by molar-refractivity contribution is 9.10. The van der Waals surface area contributed by atoms with Crippen LogP contribution in [0.15, 0.2) is 34.9 Å². The number of halogens is 1. The van der Waals surface area contributed by atoms with E-state index in [1.807, 2.05) is 6.20 Å². The Bertz CT molecular complexity index is 723. The van der Waals surface area contributed by atoms with E-state index in [2.05, 4.69) is 55.0 Å². The van der Waals surface area contributed by atoms with Gasteiger partial charge in [0, 0.05) is 46.9 Å². The fourth-order valence-corrected chi connectivity index (χ4v) is 4.66. The first-order chi connectivity index (χ1) is 11.8. The van der Waals surface area contributed by atoms with E-state index < -0.39 is 0 Å². The molecular formula is C19H24BrN3O. The molecule has 2 saturated heterocycles. The number of fused-ring (bicyclic) bond motifs is 1. The number of nitrogens with zero attached hydrogens (tertiary/aromatic N) is 3. The average molecular weight is 390 g/mol. The third-order valence-electron chi connectivity index (χ3n) is 5.52. The first kappa shape index (κ1) is 16.3. The Kier molecular flexibility index (Phi) is 4.74. The molecular weight excluding hydrogens is 366 g/mol. The zero-order valence-electron chi connectivity index (χ0n) is 13.9. The lowest BCUT2D eigenvalue weighted by Crippen LogP contribution is -2.43. The fourth-order valence-electron chi connectivity index (χ4n) is 4.31. The number of aliphatic hydroxyl groups excluding tert-OH is 1. The minimum Gasteiger partial charge on any atom is -0.395 e. The summed E-state index contributed by atoms with van der Waals surface area (Å²) in [5.41, 5.74) is 2.34. The maximum Gasteiger partial charge on any atom is 0.0734 e. The maximum absolute atomic E-state index is 9.59. The van der Waals surface area contributed by atoms with Crippen molar-refractivity contribution in [1.82, 2.24) is 9.88 Å². The summed E-state index contributed by atoms with van der Waals surface area (Å²) < 4.78 is 1.07. The van der Waals surface area contributed by atoms with Crippen molar-refractivity contribution in [2.75, 3.05) is 31.1 Å². The van der Waals surface area contributed by atoms with Gasteiger partial charge in [0.05, 0.1) is 12.1 Å². The number of rotatable bonds is 4. The van der Waals surface area contributed by atoms with Gasteiger partial charge < -0.3 is 10.0 Å². The number of benzene rings is 1. The molecule has 0 bridgehead atoms. The highest BCUT2D eigenvalue weighted by Crippen LogP contribution is 2.33. The molecule has 2 fully saturated rings. The standard InChI is InChI=1S/C19H24BrN3O/c20-14-5-6-17-18(11-14)21-8-7-19(17)23-10-2-3-15(23)12-22-9-1-4-16(22)13-24/h5-8,11,15-16,24H,1-4,9-10,12-13H2. The molecule has 0 saturated carbocycles. The van der Waals surface area contributed by atoms with Crippen LogP contribution in [0.25, 0.3) is 10.9 Å². The van der Waals surface area contributed by atoms with Crippen molar-refractivity contribution in [3.8, 4) is 0 Å². The van der Waals surface area contributed by atoms with E-state index in [1.54, 1.807) is 0 Å². The molecule has 0 spiro atoms.